The molecule has 3 heteroatoms. The van der Waals surface area contributed by atoms with Gasteiger partial charge in [-0.15, -0.1) is 0 Å². The minimum atomic E-state index is -0.256. The van der Waals surface area contributed by atoms with Gasteiger partial charge in [-0.25, -0.2) is 0 Å². The Morgan fingerprint density at radius 1 is 1.44 bits per heavy atom. The molecule has 2 unspecified atom stereocenters. The average molecular weight is 251 g/mol. The monoisotopic (exact) mass is 251 g/mol. The molecule has 1 aliphatic rings. The zero-order chi connectivity index (χ0) is 13.6. The van der Waals surface area contributed by atoms with E-state index in [1.54, 1.807) is 0 Å². The third-order valence-corrected chi connectivity index (χ3v) is 3.89. The predicted molar refractivity (Wildman–Crippen MR) is 76.3 cm³/mol. The van der Waals surface area contributed by atoms with Crippen molar-refractivity contribution >= 4 is 0 Å². The lowest BCUT2D eigenvalue weighted by atomic mass is 9.74. The number of hydrogen-bond acceptors (Lipinski definition) is 3. The summed E-state index contributed by atoms with van der Waals surface area (Å²) in [7, 11) is 4.15. The highest BCUT2D eigenvalue weighted by molar-refractivity contribution is 5.09. The lowest BCUT2D eigenvalue weighted by Gasteiger charge is -2.37. The van der Waals surface area contributed by atoms with E-state index in [9.17, 15) is 5.26 Å². The second kappa shape index (κ2) is 7.11. The first-order valence-corrected chi connectivity index (χ1v) is 7.28. The van der Waals surface area contributed by atoms with Crippen molar-refractivity contribution in [2.75, 3.05) is 27.2 Å². The summed E-state index contributed by atoms with van der Waals surface area (Å²) in [6, 6.07) is 2.56. The molecular formula is C15H29N3. The first-order valence-electron chi connectivity index (χ1n) is 7.28. The van der Waals surface area contributed by atoms with Crippen LogP contribution in [0.3, 0.4) is 0 Å². The zero-order valence-electron chi connectivity index (χ0n) is 12.5. The summed E-state index contributed by atoms with van der Waals surface area (Å²) in [5.41, 5.74) is -0.256. The Balaban J connectivity index is 2.50. The molecule has 1 rings (SSSR count). The van der Waals surface area contributed by atoms with Crippen molar-refractivity contribution in [2.24, 2.45) is 11.8 Å². The summed E-state index contributed by atoms with van der Waals surface area (Å²) in [6.45, 7) is 6.47. The number of nitriles is 1. The predicted octanol–water partition coefficient (Wildman–Crippen LogP) is 2.64. The summed E-state index contributed by atoms with van der Waals surface area (Å²) in [4.78, 5) is 2.16. The average Bonchev–Trinajstić information content (AvgIpc) is 2.28. The normalized spacial score (nSPS) is 28.6. The number of nitrogens with one attached hydrogen (secondary N) is 1. The molecule has 0 aromatic heterocycles. The largest absolute Gasteiger partial charge is 0.308 e. The molecule has 18 heavy (non-hydrogen) atoms. The van der Waals surface area contributed by atoms with E-state index in [1.165, 1.54) is 19.3 Å². The molecule has 0 aromatic carbocycles. The molecule has 1 aliphatic carbocycles. The van der Waals surface area contributed by atoms with E-state index in [1.807, 2.05) is 0 Å². The molecule has 0 spiro atoms. The van der Waals surface area contributed by atoms with Crippen molar-refractivity contribution < 1.29 is 0 Å². The van der Waals surface area contributed by atoms with Crippen LogP contribution >= 0.6 is 0 Å². The van der Waals surface area contributed by atoms with Crippen LogP contribution in [0.1, 0.15) is 46.0 Å². The first-order chi connectivity index (χ1) is 8.47. The molecule has 0 heterocycles. The second-order valence-electron chi connectivity index (χ2n) is 6.52. The van der Waals surface area contributed by atoms with Gasteiger partial charge in [0.1, 0.15) is 5.54 Å². The quantitative estimate of drug-likeness (QED) is 0.789. The molecule has 3 nitrogen and oxygen atoms in total. The van der Waals surface area contributed by atoms with Gasteiger partial charge in [-0.3, -0.25) is 5.32 Å². The summed E-state index contributed by atoms with van der Waals surface area (Å²) >= 11 is 0. The molecule has 0 aliphatic heterocycles. The smallest absolute Gasteiger partial charge is 0.107 e. The molecule has 0 aromatic rings. The highest BCUT2D eigenvalue weighted by Gasteiger charge is 2.36. The van der Waals surface area contributed by atoms with E-state index in [4.69, 9.17) is 0 Å². The molecule has 0 amide bonds. The van der Waals surface area contributed by atoms with Crippen LogP contribution in [0.15, 0.2) is 0 Å². The topological polar surface area (TPSA) is 39.1 Å². The summed E-state index contributed by atoms with van der Waals surface area (Å²) < 4.78 is 0. The SMILES string of the molecule is CC(C)CC1CCCC(C#N)(NCCN(C)C)C1. The first kappa shape index (κ1) is 15.5. The van der Waals surface area contributed by atoms with Gasteiger partial charge in [0.2, 0.25) is 0 Å². The van der Waals surface area contributed by atoms with E-state index >= 15 is 0 Å². The summed E-state index contributed by atoms with van der Waals surface area (Å²) in [5, 5.41) is 13.0. The molecular weight excluding hydrogens is 222 g/mol. The number of hydrogen-bond donors (Lipinski definition) is 1. The Bertz CT molecular complexity index is 280. The maximum absolute atomic E-state index is 9.53. The van der Waals surface area contributed by atoms with Crippen LogP contribution in [0, 0.1) is 23.2 Å². The lowest BCUT2D eigenvalue weighted by molar-refractivity contribution is 0.202. The highest BCUT2D eigenvalue weighted by atomic mass is 15.1. The minimum absolute atomic E-state index is 0.256. The van der Waals surface area contributed by atoms with Gasteiger partial charge in [-0.2, -0.15) is 5.26 Å². The molecule has 1 N–H and O–H groups in total. The van der Waals surface area contributed by atoms with Crippen LogP contribution in [0.25, 0.3) is 0 Å². The molecule has 1 saturated carbocycles. The highest BCUT2D eigenvalue weighted by Crippen LogP contribution is 2.35. The van der Waals surface area contributed by atoms with E-state index in [0.717, 1.165) is 37.8 Å². The third-order valence-electron chi connectivity index (χ3n) is 3.89. The Morgan fingerprint density at radius 3 is 2.72 bits per heavy atom. The van der Waals surface area contributed by atoms with E-state index < -0.39 is 0 Å². The second-order valence-corrected chi connectivity index (χ2v) is 6.52. The summed E-state index contributed by atoms with van der Waals surface area (Å²) in [6.07, 6.45) is 5.82. The fourth-order valence-corrected chi connectivity index (χ4v) is 3.08. The minimum Gasteiger partial charge on any atom is -0.308 e. The Kier molecular flexibility index (Phi) is 6.11. The number of likely N-dealkylation sites (N-methyl/N-ethyl adjacent to an activating group) is 1. The zero-order valence-corrected chi connectivity index (χ0v) is 12.5. The van der Waals surface area contributed by atoms with Crippen molar-refractivity contribution in [1.82, 2.24) is 10.2 Å². The van der Waals surface area contributed by atoms with E-state index in [-0.39, 0.29) is 5.54 Å². The van der Waals surface area contributed by atoms with Gasteiger partial charge < -0.3 is 4.90 Å². The third kappa shape index (κ3) is 4.96. The van der Waals surface area contributed by atoms with Crippen molar-refractivity contribution in [1.29, 1.82) is 5.26 Å². The fraction of sp³-hybridized carbons (Fsp3) is 0.933. The van der Waals surface area contributed by atoms with Gasteiger partial charge in [0.15, 0.2) is 0 Å². The van der Waals surface area contributed by atoms with Gasteiger partial charge in [0.25, 0.3) is 0 Å². The summed E-state index contributed by atoms with van der Waals surface area (Å²) in [5.74, 6) is 1.47. The Labute approximate surface area is 113 Å². The van der Waals surface area contributed by atoms with Crippen LogP contribution in [0.2, 0.25) is 0 Å². The van der Waals surface area contributed by atoms with Crippen molar-refractivity contribution in [3.63, 3.8) is 0 Å². The van der Waals surface area contributed by atoms with Crippen LogP contribution in [0.5, 0.6) is 0 Å². The molecule has 1 fully saturated rings. The Morgan fingerprint density at radius 2 is 2.17 bits per heavy atom. The van der Waals surface area contributed by atoms with Crippen molar-refractivity contribution in [2.45, 2.75) is 51.5 Å². The van der Waals surface area contributed by atoms with Gasteiger partial charge in [-0.05, 0) is 45.2 Å². The van der Waals surface area contributed by atoms with Gasteiger partial charge >= 0.3 is 0 Å². The molecule has 0 radical (unpaired) electrons. The fourth-order valence-electron chi connectivity index (χ4n) is 3.08. The van der Waals surface area contributed by atoms with Crippen LogP contribution < -0.4 is 5.32 Å². The van der Waals surface area contributed by atoms with Crippen LogP contribution in [0.4, 0.5) is 0 Å². The van der Waals surface area contributed by atoms with Crippen molar-refractivity contribution in [3.8, 4) is 6.07 Å². The maximum Gasteiger partial charge on any atom is 0.107 e. The van der Waals surface area contributed by atoms with E-state index in [2.05, 4.69) is 44.2 Å². The number of rotatable bonds is 6. The van der Waals surface area contributed by atoms with Crippen molar-refractivity contribution in [3.05, 3.63) is 0 Å². The Hall–Kier alpha value is -0.590. The molecule has 2 atom stereocenters. The number of nitrogens with zero attached hydrogens (tertiary/aromatic N) is 2. The van der Waals surface area contributed by atoms with Gasteiger partial charge in [0.05, 0.1) is 6.07 Å². The van der Waals surface area contributed by atoms with E-state index in [0.29, 0.717) is 0 Å². The molecule has 0 saturated heterocycles. The van der Waals surface area contributed by atoms with Gasteiger partial charge in [-0.1, -0.05) is 26.7 Å². The van der Waals surface area contributed by atoms with Gasteiger partial charge in [0, 0.05) is 13.1 Å². The maximum atomic E-state index is 9.53. The standard InChI is InChI=1S/C15H29N3/c1-13(2)10-14-6-5-7-15(11-14,12-16)17-8-9-18(3)4/h13-14,17H,5-11H2,1-4H3. The van der Waals surface area contributed by atoms with Crippen LogP contribution in [-0.4, -0.2) is 37.6 Å². The van der Waals surface area contributed by atoms with Crippen LogP contribution in [-0.2, 0) is 0 Å². The lowest BCUT2D eigenvalue weighted by Crippen LogP contribution is -2.49. The molecule has 0 bridgehead atoms. The molecule has 104 valence electrons.